The van der Waals surface area contributed by atoms with Gasteiger partial charge in [-0.1, -0.05) is 12.1 Å². The highest BCUT2D eigenvalue weighted by Gasteiger charge is 2.35. The molecule has 0 spiro atoms. The summed E-state index contributed by atoms with van der Waals surface area (Å²) in [6, 6.07) is 9.20. The Morgan fingerprint density at radius 1 is 1.04 bits per heavy atom. The molecule has 0 aliphatic heterocycles. The maximum atomic E-state index is 13.2. The zero-order valence-electron chi connectivity index (χ0n) is 15.5. The van der Waals surface area contributed by atoms with Crippen LogP contribution in [0.1, 0.15) is 12.5 Å². The highest BCUT2D eigenvalue weighted by atomic mass is 19.4. The molecule has 0 saturated heterocycles. The molecule has 28 heavy (non-hydrogen) atoms. The molecule has 1 N–H and O–H groups in total. The van der Waals surface area contributed by atoms with Crippen LogP contribution in [0.15, 0.2) is 42.5 Å². The van der Waals surface area contributed by atoms with Gasteiger partial charge in [-0.2, -0.15) is 13.2 Å². The number of ether oxygens (including phenoxy) is 2. The number of nitrogens with one attached hydrogen (secondary N) is 1. The molecule has 0 aliphatic rings. The van der Waals surface area contributed by atoms with Gasteiger partial charge in [-0.15, -0.1) is 0 Å². The van der Waals surface area contributed by atoms with E-state index in [4.69, 9.17) is 9.47 Å². The lowest BCUT2D eigenvalue weighted by molar-refractivity contribution is -0.137. The summed E-state index contributed by atoms with van der Waals surface area (Å²) in [6.07, 6.45) is -4.66. The van der Waals surface area contributed by atoms with E-state index in [9.17, 15) is 22.8 Å². The van der Waals surface area contributed by atoms with Gasteiger partial charge in [0.05, 0.1) is 25.5 Å². The van der Waals surface area contributed by atoms with Crippen molar-refractivity contribution in [2.75, 3.05) is 31.0 Å². The third kappa shape index (κ3) is 4.93. The number of para-hydroxylation sites is 1. The maximum absolute atomic E-state index is 13.2. The minimum absolute atomic E-state index is 0.343. The standard InChI is InChI=1S/C19H19F3N2O4/c1-12(25)24(15-7-5-4-6-14(15)19(20,21)22)11-18(26)23-13-8-9-16(27-2)17(10-13)28-3/h4-10H,11H2,1-3H3,(H,23,26). The highest BCUT2D eigenvalue weighted by Crippen LogP contribution is 2.36. The molecule has 0 fully saturated rings. The van der Waals surface area contributed by atoms with Crippen molar-refractivity contribution in [3.05, 3.63) is 48.0 Å². The molecule has 0 unspecified atom stereocenters. The number of hydrogen-bond donors (Lipinski definition) is 1. The summed E-state index contributed by atoms with van der Waals surface area (Å²) in [7, 11) is 2.88. The van der Waals surface area contributed by atoms with Crippen LogP contribution in [0.5, 0.6) is 11.5 Å². The smallest absolute Gasteiger partial charge is 0.418 e. The average Bonchev–Trinajstić information content (AvgIpc) is 2.65. The number of hydrogen-bond acceptors (Lipinski definition) is 4. The van der Waals surface area contributed by atoms with E-state index in [1.807, 2.05) is 0 Å². The second-order valence-corrected chi connectivity index (χ2v) is 5.74. The summed E-state index contributed by atoms with van der Waals surface area (Å²) in [5.41, 5.74) is -1.04. The first-order valence-electron chi connectivity index (χ1n) is 8.13. The first-order chi connectivity index (χ1) is 13.2. The minimum Gasteiger partial charge on any atom is -0.493 e. The van der Waals surface area contributed by atoms with Crippen LogP contribution in [0.25, 0.3) is 0 Å². The summed E-state index contributed by atoms with van der Waals surface area (Å²) in [5.74, 6) is -0.547. The van der Waals surface area contributed by atoms with Gasteiger partial charge in [-0.3, -0.25) is 9.59 Å². The fourth-order valence-electron chi connectivity index (χ4n) is 2.57. The van der Waals surface area contributed by atoms with Gasteiger partial charge in [-0.25, -0.2) is 0 Å². The fourth-order valence-corrected chi connectivity index (χ4v) is 2.57. The van der Waals surface area contributed by atoms with Gasteiger partial charge in [0.2, 0.25) is 11.8 Å². The van der Waals surface area contributed by atoms with E-state index in [1.54, 1.807) is 12.1 Å². The molecule has 6 nitrogen and oxygen atoms in total. The largest absolute Gasteiger partial charge is 0.493 e. The number of benzene rings is 2. The van der Waals surface area contributed by atoms with E-state index in [-0.39, 0.29) is 5.69 Å². The predicted molar refractivity (Wildman–Crippen MR) is 97.6 cm³/mol. The lowest BCUT2D eigenvalue weighted by Gasteiger charge is -2.24. The lowest BCUT2D eigenvalue weighted by atomic mass is 10.1. The van der Waals surface area contributed by atoms with Crippen LogP contribution in [-0.4, -0.2) is 32.6 Å². The van der Waals surface area contributed by atoms with Crippen LogP contribution in [0.4, 0.5) is 24.5 Å². The number of anilines is 2. The third-order valence-corrected chi connectivity index (χ3v) is 3.85. The van der Waals surface area contributed by atoms with Crippen LogP contribution in [0.3, 0.4) is 0 Å². The number of halogens is 3. The molecule has 0 aromatic heterocycles. The third-order valence-electron chi connectivity index (χ3n) is 3.85. The van der Waals surface area contributed by atoms with Gasteiger partial charge in [0.15, 0.2) is 11.5 Å². The summed E-state index contributed by atoms with van der Waals surface area (Å²) >= 11 is 0. The van der Waals surface area contributed by atoms with Gasteiger partial charge in [-0.05, 0) is 24.3 Å². The van der Waals surface area contributed by atoms with Crippen molar-refractivity contribution < 1.29 is 32.2 Å². The zero-order valence-corrected chi connectivity index (χ0v) is 15.5. The van der Waals surface area contributed by atoms with E-state index in [0.29, 0.717) is 17.2 Å². The Hall–Kier alpha value is -3.23. The van der Waals surface area contributed by atoms with Gasteiger partial charge in [0.1, 0.15) is 6.54 Å². The molecule has 150 valence electrons. The van der Waals surface area contributed by atoms with Crippen molar-refractivity contribution in [2.45, 2.75) is 13.1 Å². The first kappa shape index (κ1) is 21.1. The molecular formula is C19H19F3N2O4. The minimum atomic E-state index is -4.66. The molecule has 9 heteroatoms. The molecule has 0 heterocycles. The first-order valence-corrected chi connectivity index (χ1v) is 8.13. The number of carbonyl (C=O) groups excluding carboxylic acids is 2. The second kappa shape index (κ2) is 8.64. The SMILES string of the molecule is COc1ccc(NC(=O)CN(C(C)=O)c2ccccc2C(F)(F)F)cc1OC. The van der Waals surface area contributed by atoms with Gasteiger partial charge in [0, 0.05) is 18.7 Å². The number of methoxy groups -OCH3 is 2. The molecule has 0 atom stereocenters. The number of amides is 2. The summed E-state index contributed by atoms with van der Waals surface area (Å²) in [6.45, 7) is 0.508. The van der Waals surface area contributed by atoms with E-state index >= 15 is 0 Å². The van der Waals surface area contributed by atoms with Crippen molar-refractivity contribution in [1.82, 2.24) is 0 Å². The lowest BCUT2D eigenvalue weighted by Crippen LogP contribution is -2.37. The van der Waals surface area contributed by atoms with Crippen LogP contribution in [-0.2, 0) is 15.8 Å². The van der Waals surface area contributed by atoms with E-state index < -0.39 is 30.1 Å². The van der Waals surface area contributed by atoms with Crippen LogP contribution in [0.2, 0.25) is 0 Å². The van der Waals surface area contributed by atoms with Crippen molar-refractivity contribution in [3.63, 3.8) is 0 Å². The predicted octanol–water partition coefficient (Wildman–Crippen LogP) is 3.71. The Labute approximate surface area is 159 Å². The molecule has 0 aliphatic carbocycles. The van der Waals surface area contributed by atoms with Crippen molar-refractivity contribution in [3.8, 4) is 11.5 Å². The van der Waals surface area contributed by atoms with Gasteiger partial charge >= 0.3 is 6.18 Å². The molecular weight excluding hydrogens is 377 g/mol. The summed E-state index contributed by atoms with van der Waals surface area (Å²) < 4.78 is 50.0. The fraction of sp³-hybridized carbons (Fsp3) is 0.263. The van der Waals surface area contributed by atoms with Gasteiger partial charge < -0.3 is 19.7 Å². The monoisotopic (exact) mass is 396 g/mol. The number of carbonyl (C=O) groups is 2. The molecule has 2 amide bonds. The Balaban J connectivity index is 2.25. The molecule has 2 aromatic carbocycles. The molecule has 2 rings (SSSR count). The average molecular weight is 396 g/mol. The zero-order chi connectivity index (χ0) is 20.9. The molecule has 0 saturated carbocycles. The van der Waals surface area contributed by atoms with Crippen LogP contribution >= 0.6 is 0 Å². The van der Waals surface area contributed by atoms with Crippen molar-refractivity contribution in [2.24, 2.45) is 0 Å². The number of nitrogens with zero attached hydrogens (tertiary/aromatic N) is 1. The van der Waals surface area contributed by atoms with Crippen LogP contribution in [0, 0.1) is 0 Å². The second-order valence-electron chi connectivity index (χ2n) is 5.74. The van der Waals surface area contributed by atoms with E-state index in [0.717, 1.165) is 24.0 Å². The normalized spacial score (nSPS) is 10.9. The van der Waals surface area contributed by atoms with E-state index in [1.165, 1.54) is 32.4 Å². The Kier molecular flexibility index (Phi) is 6.50. The summed E-state index contributed by atoms with van der Waals surface area (Å²) in [4.78, 5) is 25.1. The highest BCUT2D eigenvalue weighted by molar-refractivity contribution is 6.02. The molecule has 0 radical (unpaired) electrons. The Bertz CT molecular complexity index is 868. The maximum Gasteiger partial charge on any atom is 0.418 e. The quantitative estimate of drug-likeness (QED) is 0.808. The van der Waals surface area contributed by atoms with E-state index in [2.05, 4.69) is 5.32 Å². The van der Waals surface area contributed by atoms with Crippen LogP contribution < -0.4 is 19.7 Å². The Morgan fingerprint density at radius 2 is 1.68 bits per heavy atom. The molecule has 2 aromatic rings. The summed E-state index contributed by atoms with van der Waals surface area (Å²) in [5, 5.41) is 2.53. The number of alkyl halides is 3. The van der Waals surface area contributed by atoms with Gasteiger partial charge in [0.25, 0.3) is 0 Å². The molecule has 0 bridgehead atoms. The Morgan fingerprint density at radius 3 is 2.25 bits per heavy atom. The topological polar surface area (TPSA) is 67.9 Å². The van der Waals surface area contributed by atoms with Crippen molar-refractivity contribution in [1.29, 1.82) is 0 Å². The number of rotatable bonds is 6. The van der Waals surface area contributed by atoms with Crippen molar-refractivity contribution >= 4 is 23.2 Å².